The monoisotopic (exact) mass is 454 g/mol. The first-order valence-electron chi connectivity index (χ1n) is 11.0. The van der Waals surface area contributed by atoms with Gasteiger partial charge in [-0.25, -0.2) is 4.98 Å². The lowest BCUT2D eigenvalue weighted by Gasteiger charge is -2.39. The standard InChI is InChI=1S/C27H26N4O3/c32-25(33)18-29-26(34)24(16-23-17-28-19-30-23)31-27(20-10-4-1-5-11-20,21-12-6-2-7-13-21)22-14-8-3-9-15-22/h1-15,17,19,24,31H,16,18H2,(H,28,30)(H,29,34)(H,32,33)/t24-/m0/s1. The van der Waals surface area contributed by atoms with Crippen LogP contribution in [0.15, 0.2) is 104 Å². The van der Waals surface area contributed by atoms with Crippen molar-refractivity contribution in [1.29, 1.82) is 0 Å². The van der Waals surface area contributed by atoms with Crippen LogP contribution in [0, 0.1) is 0 Å². The summed E-state index contributed by atoms with van der Waals surface area (Å²) in [4.78, 5) is 31.6. The SMILES string of the molecule is O=C(O)CNC(=O)[C@H](Cc1c[nH]cn1)NC(c1ccccc1)(c1ccccc1)c1ccccc1. The van der Waals surface area contributed by atoms with E-state index in [0.29, 0.717) is 5.69 Å². The summed E-state index contributed by atoms with van der Waals surface area (Å²) in [6.07, 6.45) is 3.55. The number of hydrogen-bond donors (Lipinski definition) is 4. The van der Waals surface area contributed by atoms with Gasteiger partial charge in [0.15, 0.2) is 0 Å². The second-order valence-corrected chi connectivity index (χ2v) is 7.92. The number of nitrogens with one attached hydrogen (secondary N) is 3. The first-order valence-corrected chi connectivity index (χ1v) is 11.0. The van der Waals surface area contributed by atoms with Gasteiger partial charge in [0, 0.05) is 12.6 Å². The minimum atomic E-state index is -1.10. The van der Waals surface area contributed by atoms with Crippen LogP contribution in [0.2, 0.25) is 0 Å². The molecule has 1 amide bonds. The van der Waals surface area contributed by atoms with Crippen molar-refractivity contribution in [2.24, 2.45) is 0 Å². The minimum absolute atomic E-state index is 0.267. The molecule has 7 heteroatoms. The third-order valence-corrected chi connectivity index (χ3v) is 5.71. The molecule has 4 rings (SSSR count). The van der Waals surface area contributed by atoms with Gasteiger partial charge in [0.2, 0.25) is 5.91 Å². The quantitative estimate of drug-likeness (QED) is 0.276. The normalized spacial score (nSPS) is 12.1. The molecule has 172 valence electrons. The van der Waals surface area contributed by atoms with Gasteiger partial charge in [0.25, 0.3) is 0 Å². The van der Waals surface area contributed by atoms with Crippen molar-refractivity contribution in [3.63, 3.8) is 0 Å². The van der Waals surface area contributed by atoms with E-state index in [1.54, 1.807) is 12.5 Å². The number of benzene rings is 3. The number of aromatic nitrogens is 2. The first-order chi connectivity index (χ1) is 16.6. The van der Waals surface area contributed by atoms with Gasteiger partial charge in [-0.3, -0.25) is 14.9 Å². The second kappa shape index (κ2) is 10.6. The van der Waals surface area contributed by atoms with E-state index in [2.05, 4.69) is 20.6 Å². The zero-order valence-corrected chi connectivity index (χ0v) is 18.5. The second-order valence-electron chi connectivity index (χ2n) is 7.92. The number of carbonyl (C=O) groups excluding carboxylic acids is 1. The molecular weight excluding hydrogens is 428 g/mol. The van der Waals surface area contributed by atoms with Crippen LogP contribution in [0.5, 0.6) is 0 Å². The summed E-state index contributed by atoms with van der Waals surface area (Å²) in [6, 6.07) is 29.0. The minimum Gasteiger partial charge on any atom is -0.480 e. The van der Waals surface area contributed by atoms with Gasteiger partial charge in [0.1, 0.15) is 6.54 Å². The maximum absolute atomic E-state index is 13.3. The van der Waals surface area contributed by atoms with Crippen molar-refractivity contribution in [2.75, 3.05) is 6.54 Å². The van der Waals surface area contributed by atoms with Crippen LogP contribution in [-0.2, 0) is 21.5 Å². The number of nitrogens with zero attached hydrogens (tertiary/aromatic N) is 1. The molecule has 0 unspecified atom stereocenters. The number of aliphatic carboxylic acids is 1. The predicted octanol–water partition coefficient (Wildman–Crippen LogP) is 3.10. The van der Waals surface area contributed by atoms with Gasteiger partial charge in [-0.1, -0.05) is 91.0 Å². The number of amides is 1. The number of hydrogen-bond acceptors (Lipinski definition) is 4. The Kier molecular flexibility index (Phi) is 7.15. The maximum atomic E-state index is 13.3. The Balaban J connectivity index is 1.87. The molecule has 0 spiro atoms. The Hall–Kier alpha value is -4.23. The van der Waals surface area contributed by atoms with Crippen molar-refractivity contribution in [1.82, 2.24) is 20.6 Å². The van der Waals surface area contributed by atoms with E-state index in [4.69, 9.17) is 5.11 Å². The fourth-order valence-corrected chi connectivity index (χ4v) is 4.18. The Morgan fingerprint density at radius 2 is 1.35 bits per heavy atom. The van der Waals surface area contributed by atoms with Crippen molar-refractivity contribution < 1.29 is 14.7 Å². The van der Waals surface area contributed by atoms with Crippen LogP contribution in [0.3, 0.4) is 0 Å². The summed E-state index contributed by atoms with van der Waals surface area (Å²) in [5.41, 5.74) is 2.65. The summed E-state index contributed by atoms with van der Waals surface area (Å²) in [5.74, 6) is -1.52. The number of carboxylic acid groups (broad SMARTS) is 1. The molecule has 1 atom stereocenters. The van der Waals surface area contributed by atoms with Crippen LogP contribution in [0.4, 0.5) is 0 Å². The van der Waals surface area contributed by atoms with Crippen molar-refractivity contribution in [3.8, 4) is 0 Å². The summed E-state index contributed by atoms with van der Waals surface area (Å²) in [6.45, 7) is -0.466. The molecule has 1 heterocycles. The van der Waals surface area contributed by atoms with Gasteiger partial charge in [0.05, 0.1) is 23.6 Å². The first kappa shape index (κ1) is 22.9. The smallest absolute Gasteiger partial charge is 0.322 e. The number of aromatic amines is 1. The molecule has 0 aliphatic rings. The highest BCUT2D eigenvalue weighted by molar-refractivity contribution is 5.85. The zero-order chi connectivity index (χ0) is 23.8. The number of rotatable bonds is 10. The molecule has 0 saturated carbocycles. The van der Waals surface area contributed by atoms with Crippen molar-refractivity contribution >= 4 is 11.9 Å². The molecule has 4 aromatic rings. The molecular formula is C27H26N4O3. The van der Waals surface area contributed by atoms with Gasteiger partial charge in [-0.2, -0.15) is 0 Å². The van der Waals surface area contributed by atoms with Crippen LogP contribution in [0.25, 0.3) is 0 Å². The van der Waals surface area contributed by atoms with E-state index in [0.717, 1.165) is 16.7 Å². The van der Waals surface area contributed by atoms with E-state index in [1.165, 1.54) is 0 Å². The van der Waals surface area contributed by atoms with Gasteiger partial charge < -0.3 is 15.4 Å². The summed E-state index contributed by atoms with van der Waals surface area (Å²) in [5, 5.41) is 15.3. The third-order valence-electron chi connectivity index (χ3n) is 5.71. The molecule has 1 aromatic heterocycles. The third kappa shape index (κ3) is 5.05. The highest BCUT2D eigenvalue weighted by Crippen LogP contribution is 2.37. The van der Waals surface area contributed by atoms with Crippen LogP contribution in [-0.4, -0.2) is 39.5 Å². The van der Waals surface area contributed by atoms with E-state index in [-0.39, 0.29) is 6.42 Å². The fourth-order valence-electron chi connectivity index (χ4n) is 4.18. The van der Waals surface area contributed by atoms with Crippen LogP contribution < -0.4 is 10.6 Å². The number of H-pyrrole nitrogens is 1. The Bertz CT molecular complexity index is 1100. The molecule has 7 nitrogen and oxygen atoms in total. The van der Waals surface area contributed by atoms with E-state index >= 15 is 0 Å². The lowest BCUT2D eigenvalue weighted by Crippen LogP contribution is -2.56. The molecule has 0 fully saturated rings. The lowest BCUT2D eigenvalue weighted by atomic mass is 9.76. The lowest BCUT2D eigenvalue weighted by molar-refractivity contribution is -0.138. The Morgan fingerprint density at radius 1 is 0.853 bits per heavy atom. The molecule has 4 N–H and O–H groups in total. The Morgan fingerprint density at radius 3 is 1.76 bits per heavy atom. The van der Waals surface area contributed by atoms with Crippen LogP contribution >= 0.6 is 0 Å². The number of carbonyl (C=O) groups is 2. The largest absolute Gasteiger partial charge is 0.480 e. The fraction of sp³-hybridized carbons (Fsp3) is 0.148. The van der Waals surface area contributed by atoms with E-state index in [1.807, 2.05) is 91.0 Å². The predicted molar refractivity (Wildman–Crippen MR) is 129 cm³/mol. The number of carboxylic acids is 1. The maximum Gasteiger partial charge on any atom is 0.322 e. The molecule has 34 heavy (non-hydrogen) atoms. The average Bonchev–Trinajstić information content (AvgIpc) is 3.40. The zero-order valence-electron chi connectivity index (χ0n) is 18.5. The molecule has 0 bridgehead atoms. The van der Waals surface area contributed by atoms with E-state index in [9.17, 15) is 9.59 Å². The summed E-state index contributed by atoms with van der Waals surface area (Å²) >= 11 is 0. The molecule has 3 aromatic carbocycles. The highest BCUT2D eigenvalue weighted by Gasteiger charge is 2.40. The molecule has 0 radical (unpaired) electrons. The number of imidazole rings is 1. The highest BCUT2D eigenvalue weighted by atomic mass is 16.4. The molecule has 0 aliphatic carbocycles. The van der Waals surface area contributed by atoms with Crippen LogP contribution in [0.1, 0.15) is 22.4 Å². The van der Waals surface area contributed by atoms with Crippen molar-refractivity contribution in [2.45, 2.75) is 18.0 Å². The summed E-state index contributed by atoms with van der Waals surface area (Å²) < 4.78 is 0. The molecule has 0 saturated heterocycles. The van der Waals surface area contributed by atoms with Gasteiger partial charge in [-0.05, 0) is 16.7 Å². The topological polar surface area (TPSA) is 107 Å². The van der Waals surface area contributed by atoms with Gasteiger partial charge in [-0.15, -0.1) is 0 Å². The van der Waals surface area contributed by atoms with Gasteiger partial charge >= 0.3 is 5.97 Å². The molecule has 0 aliphatic heterocycles. The van der Waals surface area contributed by atoms with E-state index < -0.39 is 30.0 Å². The Labute approximate surface area is 197 Å². The van der Waals surface area contributed by atoms with Crippen molar-refractivity contribution in [3.05, 3.63) is 126 Å². The summed E-state index contributed by atoms with van der Waals surface area (Å²) in [7, 11) is 0. The average molecular weight is 455 g/mol.